The number of aryl methyl sites for hydroxylation is 1. The van der Waals surface area contributed by atoms with Gasteiger partial charge >= 0.3 is 12.1 Å². The largest absolute Gasteiger partial charge is 0.466 e. The zero-order valence-electron chi connectivity index (χ0n) is 23.0. The van der Waals surface area contributed by atoms with E-state index in [2.05, 4.69) is 34.9 Å². The minimum atomic E-state index is -0.456. The smallest absolute Gasteiger partial charge is 0.410 e. The zero-order valence-corrected chi connectivity index (χ0v) is 23.0. The molecule has 3 aliphatic rings. The van der Waals surface area contributed by atoms with Crippen molar-refractivity contribution in [3.05, 3.63) is 29.3 Å². The minimum absolute atomic E-state index is 0.0292. The van der Waals surface area contributed by atoms with Crippen LogP contribution in [0.4, 0.5) is 10.5 Å². The molecule has 1 spiro atoms. The van der Waals surface area contributed by atoms with Crippen LogP contribution in [0.3, 0.4) is 0 Å². The third-order valence-electron chi connectivity index (χ3n) is 8.06. The number of carbonyl (C=O) groups is 2. The predicted molar refractivity (Wildman–Crippen MR) is 142 cm³/mol. The summed E-state index contributed by atoms with van der Waals surface area (Å²) in [6.45, 7) is 15.6. The van der Waals surface area contributed by atoms with Crippen LogP contribution in [0, 0.1) is 12.8 Å². The molecular formula is C29H45N3O4. The number of hydrogen-bond donors (Lipinski definition) is 0. The molecule has 3 aliphatic heterocycles. The Morgan fingerprint density at radius 1 is 1.00 bits per heavy atom. The second kappa shape index (κ2) is 11.0. The minimum Gasteiger partial charge on any atom is -0.466 e. The van der Waals surface area contributed by atoms with Gasteiger partial charge in [0.05, 0.1) is 12.5 Å². The van der Waals surface area contributed by atoms with Crippen LogP contribution in [0.5, 0.6) is 0 Å². The van der Waals surface area contributed by atoms with E-state index in [1.54, 1.807) is 0 Å². The van der Waals surface area contributed by atoms with Crippen molar-refractivity contribution >= 4 is 17.7 Å². The average Bonchev–Trinajstić information content (AvgIpc) is 3.19. The highest BCUT2D eigenvalue weighted by atomic mass is 16.6. The summed E-state index contributed by atoms with van der Waals surface area (Å²) in [7, 11) is 0. The number of ether oxygens (including phenoxy) is 2. The van der Waals surface area contributed by atoms with Crippen molar-refractivity contribution in [2.75, 3.05) is 44.2 Å². The molecule has 36 heavy (non-hydrogen) atoms. The van der Waals surface area contributed by atoms with Crippen molar-refractivity contribution in [1.82, 2.24) is 9.80 Å². The molecule has 1 aromatic carbocycles. The van der Waals surface area contributed by atoms with E-state index in [1.807, 2.05) is 32.6 Å². The molecule has 200 valence electrons. The molecule has 3 fully saturated rings. The molecule has 0 saturated carbocycles. The van der Waals surface area contributed by atoms with E-state index in [4.69, 9.17) is 9.47 Å². The van der Waals surface area contributed by atoms with E-state index >= 15 is 0 Å². The van der Waals surface area contributed by atoms with Crippen LogP contribution in [-0.2, 0) is 20.8 Å². The first-order chi connectivity index (χ1) is 17.1. The summed E-state index contributed by atoms with van der Waals surface area (Å²) in [4.78, 5) is 31.7. The molecule has 3 saturated heterocycles. The van der Waals surface area contributed by atoms with Gasteiger partial charge in [-0.3, -0.25) is 9.69 Å². The molecule has 1 aromatic rings. The van der Waals surface area contributed by atoms with E-state index in [-0.39, 0.29) is 23.5 Å². The molecule has 7 nitrogen and oxygen atoms in total. The normalized spacial score (nSPS) is 21.1. The molecule has 0 bridgehead atoms. The monoisotopic (exact) mass is 499 g/mol. The van der Waals surface area contributed by atoms with E-state index in [9.17, 15) is 9.59 Å². The molecule has 4 rings (SSSR count). The third kappa shape index (κ3) is 6.34. The van der Waals surface area contributed by atoms with Crippen LogP contribution in [-0.4, -0.2) is 72.3 Å². The van der Waals surface area contributed by atoms with Gasteiger partial charge in [0.15, 0.2) is 0 Å². The Morgan fingerprint density at radius 2 is 1.69 bits per heavy atom. The molecule has 0 atom stereocenters. The third-order valence-corrected chi connectivity index (χ3v) is 8.06. The number of hydrogen-bond acceptors (Lipinski definition) is 6. The van der Waals surface area contributed by atoms with Crippen molar-refractivity contribution in [1.29, 1.82) is 0 Å². The van der Waals surface area contributed by atoms with Gasteiger partial charge in [-0.1, -0.05) is 6.07 Å². The van der Waals surface area contributed by atoms with Crippen LogP contribution in [0.25, 0.3) is 0 Å². The SMILES string of the molecule is CCOC(=O)C1CCN(c2cc(C)cc(CN3CCCC34CCN(C(=O)OC(C)(C)C)CC4)c2)CC1. The average molecular weight is 500 g/mol. The molecular weight excluding hydrogens is 454 g/mol. The number of carbonyl (C=O) groups excluding carboxylic acids is 2. The Kier molecular flexibility index (Phi) is 8.18. The summed E-state index contributed by atoms with van der Waals surface area (Å²) in [5, 5.41) is 0. The number of nitrogens with zero attached hydrogens (tertiary/aromatic N) is 3. The highest BCUT2D eigenvalue weighted by molar-refractivity contribution is 5.73. The molecule has 0 unspecified atom stereocenters. The quantitative estimate of drug-likeness (QED) is 0.523. The van der Waals surface area contributed by atoms with Crippen molar-refractivity contribution in [3.8, 4) is 0 Å². The van der Waals surface area contributed by atoms with Crippen molar-refractivity contribution in [2.24, 2.45) is 5.92 Å². The van der Waals surface area contributed by atoms with Crippen LogP contribution in [0.1, 0.15) is 77.3 Å². The maximum absolute atomic E-state index is 12.6. The number of benzene rings is 1. The van der Waals surface area contributed by atoms with Crippen LogP contribution in [0.2, 0.25) is 0 Å². The maximum Gasteiger partial charge on any atom is 0.410 e. The maximum atomic E-state index is 12.6. The number of piperidine rings is 2. The van der Waals surface area contributed by atoms with Gasteiger partial charge < -0.3 is 19.3 Å². The van der Waals surface area contributed by atoms with E-state index in [0.717, 1.165) is 65.0 Å². The van der Waals surface area contributed by atoms with Crippen LogP contribution < -0.4 is 4.90 Å². The number of rotatable bonds is 5. The predicted octanol–water partition coefficient (Wildman–Crippen LogP) is 5.14. The van der Waals surface area contributed by atoms with Gasteiger partial charge in [-0.15, -0.1) is 0 Å². The second-order valence-corrected chi connectivity index (χ2v) is 11.9. The van der Waals surface area contributed by atoms with E-state index < -0.39 is 5.60 Å². The summed E-state index contributed by atoms with van der Waals surface area (Å²) >= 11 is 0. The molecule has 1 amide bonds. The highest BCUT2D eigenvalue weighted by Crippen LogP contribution is 2.40. The topological polar surface area (TPSA) is 62.3 Å². The molecule has 0 N–H and O–H groups in total. The first kappa shape index (κ1) is 26.8. The Bertz CT molecular complexity index is 925. The van der Waals surface area contributed by atoms with Gasteiger partial charge in [-0.2, -0.15) is 0 Å². The summed E-state index contributed by atoms with van der Waals surface area (Å²) in [6, 6.07) is 6.93. The lowest BCUT2D eigenvalue weighted by Gasteiger charge is -2.45. The second-order valence-electron chi connectivity index (χ2n) is 11.9. The van der Waals surface area contributed by atoms with Gasteiger partial charge in [0.2, 0.25) is 0 Å². The Labute approximate surface area is 217 Å². The van der Waals surface area contributed by atoms with E-state index in [0.29, 0.717) is 6.61 Å². The molecule has 0 aromatic heterocycles. The van der Waals surface area contributed by atoms with Gasteiger partial charge in [0, 0.05) is 44.0 Å². The zero-order chi connectivity index (χ0) is 25.9. The number of anilines is 1. The van der Waals surface area contributed by atoms with Gasteiger partial charge in [-0.25, -0.2) is 4.79 Å². The molecule has 0 radical (unpaired) electrons. The van der Waals surface area contributed by atoms with Gasteiger partial charge in [0.25, 0.3) is 0 Å². The van der Waals surface area contributed by atoms with E-state index in [1.165, 1.54) is 29.7 Å². The first-order valence-corrected chi connectivity index (χ1v) is 13.8. The van der Waals surface area contributed by atoms with Gasteiger partial charge in [-0.05, 0) is 103 Å². The molecule has 3 heterocycles. The number of likely N-dealkylation sites (tertiary alicyclic amines) is 2. The van der Waals surface area contributed by atoms with Crippen molar-refractivity contribution < 1.29 is 19.1 Å². The summed E-state index contributed by atoms with van der Waals surface area (Å²) in [5.74, 6) is -0.0133. The lowest BCUT2D eigenvalue weighted by atomic mass is 9.84. The standard InChI is InChI=1S/C29H45N3O4/c1-6-35-26(33)24-8-14-30(15-9-24)25-19-22(2)18-23(20-25)21-32-13-7-10-29(32)11-16-31(17-12-29)27(34)36-28(3,4)5/h18-20,24H,6-17,21H2,1-5H3. The highest BCUT2D eigenvalue weighted by Gasteiger charge is 2.44. The Balaban J connectivity index is 1.38. The van der Waals surface area contributed by atoms with Crippen LogP contribution >= 0.6 is 0 Å². The Morgan fingerprint density at radius 3 is 2.33 bits per heavy atom. The lowest BCUT2D eigenvalue weighted by Crippen LogP contribution is -2.53. The molecule has 0 aliphatic carbocycles. The summed E-state index contributed by atoms with van der Waals surface area (Å²) < 4.78 is 10.8. The number of esters is 1. The fourth-order valence-electron chi connectivity index (χ4n) is 6.21. The van der Waals surface area contributed by atoms with Crippen molar-refractivity contribution in [2.45, 2.75) is 90.8 Å². The fourth-order valence-corrected chi connectivity index (χ4v) is 6.21. The first-order valence-electron chi connectivity index (χ1n) is 13.8. The summed E-state index contributed by atoms with van der Waals surface area (Å²) in [5.41, 5.74) is 3.62. The number of amides is 1. The molecule has 7 heteroatoms. The summed E-state index contributed by atoms with van der Waals surface area (Å²) in [6.07, 6.45) is 5.95. The lowest BCUT2D eigenvalue weighted by molar-refractivity contribution is -0.148. The van der Waals surface area contributed by atoms with Crippen molar-refractivity contribution in [3.63, 3.8) is 0 Å². The Hall–Kier alpha value is -2.28. The van der Waals surface area contributed by atoms with Crippen LogP contribution in [0.15, 0.2) is 18.2 Å². The fraction of sp³-hybridized carbons (Fsp3) is 0.724. The van der Waals surface area contributed by atoms with Gasteiger partial charge in [0.1, 0.15) is 5.60 Å².